The Labute approximate surface area is 179 Å². The molecule has 30 heavy (non-hydrogen) atoms. The predicted molar refractivity (Wildman–Crippen MR) is 118 cm³/mol. The second kappa shape index (κ2) is 10.5. The fourth-order valence-electron chi connectivity index (χ4n) is 3.57. The van der Waals surface area contributed by atoms with Crippen molar-refractivity contribution >= 4 is 21.6 Å². The van der Waals surface area contributed by atoms with Crippen LogP contribution in [0.5, 0.6) is 5.75 Å². The van der Waals surface area contributed by atoms with Gasteiger partial charge in [0.15, 0.2) is 6.61 Å². The topological polar surface area (TPSA) is 84.5 Å². The van der Waals surface area contributed by atoms with Crippen molar-refractivity contribution in [1.82, 2.24) is 5.32 Å². The van der Waals surface area contributed by atoms with E-state index in [0.29, 0.717) is 11.4 Å². The molecule has 1 amide bonds. The number of carbonyl (C=O) groups is 1. The van der Waals surface area contributed by atoms with Gasteiger partial charge in [0.1, 0.15) is 5.75 Å². The molecule has 2 aromatic rings. The minimum Gasteiger partial charge on any atom is -0.484 e. The van der Waals surface area contributed by atoms with E-state index in [-0.39, 0.29) is 23.5 Å². The van der Waals surface area contributed by atoms with E-state index in [2.05, 4.69) is 10.0 Å². The highest BCUT2D eigenvalue weighted by molar-refractivity contribution is 7.92. The summed E-state index contributed by atoms with van der Waals surface area (Å²) in [5.74, 6) is 0.315. The Morgan fingerprint density at radius 2 is 1.53 bits per heavy atom. The van der Waals surface area contributed by atoms with Crippen molar-refractivity contribution in [2.24, 2.45) is 0 Å². The smallest absolute Gasteiger partial charge is 0.261 e. The molecule has 1 aliphatic carbocycles. The summed E-state index contributed by atoms with van der Waals surface area (Å²) in [5.41, 5.74) is 1.56. The number of hydrogen-bond donors (Lipinski definition) is 2. The number of ether oxygens (including phenoxy) is 1. The van der Waals surface area contributed by atoms with Gasteiger partial charge in [-0.2, -0.15) is 0 Å². The van der Waals surface area contributed by atoms with Gasteiger partial charge in [0.05, 0.1) is 4.90 Å². The maximum atomic E-state index is 12.5. The van der Waals surface area contributed by atoms with Crippen LogP contribution in [0, 0.1) is 6.92 Å². The SMILES string of the molecule is Cc1ccc(NS(=O)(=O)c2ccc(OCC(=O)NC3CCCCCCC3)cc2)cc1. The molecule has 2 aromatic carbocycles. The normalized spacial score (nSPS) is 15.6. The number of hydrogen-bond acceptors (Lipinski definition) is 4. The second-order valence-electron chi connectivity index (χ2n) is 7.84. The molecule has 7 heteroatoms. The third-order valence-corrected chi connectivity index (χ3v) is 6.68. The minimum absolute atomic E-state index is 0.0792. The zero-order valence-electron chi connectivity index (χ0n) is 17.4. The van der Waals surface area contributed by atoms with Crippen molar-refractivity contribution in [3.05, 3.63) is 54.1 Å². The van der Waals surface area contributed by atoms with Gasteiger partial charge in [-0.25, -0.2) is 8.42 Å². The molecule has 1 fully saturated rings. The van der Waals surface area contributed by atoms with Gasteiger partial charge in [-0.15, -0.1) is 0 Å². The Hall–Kier alpha value is -2.54. The van der Waals surface area contributed by atoms with Crippen LogP contribution in [0.15, 0.2) is 53.4 Å². The molecule has 2 N–H and O–H groups in total. The first kappa shape index (κ1) is 22.2. The first-order valence-corrected chi connectivity index (χ1v) is 12.0. The molecule has 0 unspecified atom stereocenters. The third kappa shape index (κ3) is 6.76. The zero-order valence-corrected chi connectivity index (χ0v) is 18.2. The van der Waals surface area contributed by atoms with Gasteiger partial charge in [-0.05, 0) is 56.2 Å². The fraction of sp³-hybridized carbons (Fsp3) is 0.435. The number of rotatable bonds is 7. The quantitative estimate of drug-likeness (QED) is 0.682. The van der Waals surface area contributed by atoms with Crippen LogP contribution in [0.4, 0.5) is 5.69 Å². The Morgan fingerprint density at radius 3 is 2.17 bits per heavy atom. The monoisotopic (exact) mass is 430 g/mol. The highest BCUT2D eigenvalue weighted by Gasteiger charge is 2.16. The highest BCUT2D eigenvalue weighted by atomic mass is 32.2. The summed E-state index contributed by atoms with van der Waals surface area (Å²) in [6, 6.07) is 13.4. The molecule has 0 saturated heterocycles. The largest absolute Gasteiger partial charge is 0.484 e. The van der Waals surface area contributed by atoms with E-state index in [9.17, 15) is 13.2 Å². The summed E-state index contributed by atoms with van der Waals surface area (Å²) < 4.78 is 33.1. The molecule has 0 bridgehead atoms. The first-order valence-electron chi connectivity index (χ1n) is 10.5. The predicted octanol–water partition coefficient (Wildman–Crippen LogP) is 4.40. The van der Waals surface area contributed by atoms with Crippen molar-refractivity contribution in [3.8, 4) is 5.75 Å². The lowest BCUT2D eigenvalue weighted by Gasteiger charge is -2.21. The van der Waals surface area contributed by atoms with Crippen LogP contribution in [0.25, 0.3) is 0 Å². The van der Waals surface area contributed by atoms with Crippen LogP contribution in [0.2, 0.25) is 0 Å². The van der Waals surface area contributed by atoms with Crippen LogP contribution in [-0.4, -0.2) is 27.0 Å². The molecule has 0 spiro atoms. The van der Waals surface area contributed by atoms with E-state index in [0.717, 1.165) is 31.2 Å². The molecule has 0 radical (unpaired) electrons. The summed E-state index contributed by atoms with van der Waals surface area (Å²) in [6.45, 7) is 1.86. The summed E-state index contributed by atoms with van der Waals surface area (Å²) in [7, 11) is -3.68. The van der Waals surface area contributed by atoms with Gasteiger partial charge in [0.2, 0.25) is 0 Å². The molecular formula is C23H30N2O4S. The average Bonchev–Trinajstić information content (AvgIpc) is 2.70. The summed E-state index contributed by atoms with van der Waals surface area (Å²) in [5, 5.41) is 3.05. The molecule has 6 nitrogen and oxygen atoms in total. The lowest BCUT2D eigenvalue weighted by atomic mass is 9.97. The van der Waals surface area contributed by atoms with Gasteiger partial charge in [-0.1, -0.05) is 49.8 Å². The number of nitrogens with one attached hydrogen (secondary N) is 2. The molecular weight excluding hydrogens is 400 g/mol. The maximum absolute atomic E-state index is 12.5. The summed E-state index contributed by atoms with van der Waals surface area (Å²) in [6.07, 6.45) is 8.10. The van der Waals surface area contributed by atoms with Crippen molar-refractivity contribution in [1.29, 1.82) is 0 Å². The summed E-state index contributed by atoms with van der Waals surface area (Å²) in [4.78, 5) is 12.3. The molecule has 0 aliphatic heterocycles. The van der Waals surface area contributed by atoms with Crippen molar-refractivity contribution < 1.29 is 17.9 Å². The standard InChI is InChI=1S/C23H30N2O4S/c1-18-9-11-20(12-10-18)25-30(27,28)22-15-13-21(14-16-22)29-17-23(26)24-19-7-5-3-2-4-6-8-19/h9-16,19,25H,2-8,17H2,1H3,(H,24,26). The Balaban J connectivity index is 1.51. The van der Waals surface area contributed by atoms with Crippen molar-refractivity contribution in [2.75, 3.05) is 11.3 Å². The maximum Gasteiger partial charge on any atom is 0.261 e. The number of amides is 1. The van der Waals surface area contributed by atoms with E-state index in [1.807, 2.05) is 19.1 Å². The van der Waals surface area contributed by atoms with Crippen LogP contribution >= 0.6 is 0 Å². The van der Waals surface area contributed by atoms with Gasteiger partial charge in [0, 0.05) is 11.7 Å². The van der Waals surface area contributed by atoms with Crippen molar-refractivity contribution in [3.63, 3.8) is 0 Å². The number of carbonyl (C=O) groups excluding carboxylic acids is 1. The molecule has 0 aromatic heterocycles. The van der Waals surface area contributed by atoms with Crippen LogP contribution < -0.4 is 14.8 Å². The fourth-order valence-corrected chi connectivity index (χ4v) is 4.63. The van der Waals surface area contributed by atoms with Gasteiger partial charge in [0.25, 0.3) is 15.9 Å². The van der Waals surface area contributed by atoms with E-state index in [4.69, 9.17) is 4.74 Å². The number of sulfonamides is 1. The third-order valence-electron chi connectivity index (χ3n) is 5.28. The molecule has 1 saturated carbocycles. The lowest BCUT2D eigenvalue weighted by molar-refractivity contribution is -0.123. The van der Waals surface area contributed by atoms with E-state index in [1.54, 1.807) is 24.3 Å². The summed E-state index contributed by atoms with van der Waals surface area (Å²) >= 11 is 0. The Bertz CT molecular complexity index is 917. The van der Waals surface area contributed by atoms with Crippen LogP contribution in [0.1, 0.15) is 50.5 Å². The van der Waals surface area contributed by atoms with E-state index < -0.39 is 10.0 Å². The molecule has 0 heterocycles. The van der Waals surface area contributed by atoms with E-state index in [1.165, 1.54) is 31.4 Å². The van der Waals surface area contributed by atoms with Gasteiger partial charge < -0.3 is 10.1 Å². The Morgan fingerprint density at radius 1 is 0.933 bits per heavy atom. The minimum atomic E-state index is -3.68. The number of anilines is 1. The van der Waals surface area contributed by atoms with Crippen molar-refractivity contribution in [2.45, 2.75) is 62.8 Å². The zero-order chi connectivity index (χ0) is 21.4. The van der Waals surface area contributed by atoms with Crippen LogP contribution in [0.3, 0.4) is 0 Å². The molecule has 162 valence electrons. The van der Waals surface area contributed by atoms with Crippen LogP contribution in [-0.2, 0) is 14.8 Å². The molecule has 1 aliphatic rings. The van der Waals surface area contributed by atoms with Gasteiger partial charge >= 0.3 is 0 Å². The number of benzene rings is 2. The van der Waals surface area contributed by atoms with E-state index >= 15 is 0 Å². The lowest BCUT2D eigenvalue weighted by Crippen LogP contribution is -2.38. The second-order valence-corrected chi connectivity index (χ2v) is 9.52. The average molecular weight is 431 g/mol. The molecule has 3 rings (SSSR count). The van der Waals surface area contributed by atoms with Gasteiger partial charge in [-0.3, -0.25) is 9.52 Å². The molecule has 0 atom stereocenters. The highest BCUT2D eigenvalue weighted by Crippen LogP contribution is 2.20. The first-order chi connectivity index (χ1) is 14.4. The number of aryl methyl sites for hydroxylation is 1. The Kier molecular flexibility index (Phi) is 7.74.